The second kappa shape index (κ2) is 3.71. The van der Waals surface area contributed by atoms with Crippen LogP contribution in [-0.2, 0) is 0 Å². The minimum absolute atomic E-state index is 0.259. The van der Waals surface area contributed by atoms with Gasteiger partial charge in [-0.25, -0.2) is 0 Å². The maximum Gasteiger partial charge on any atom is 0.215 e. The molecule has 0 heterocycles. The average molecular weight is 166 g/mol. The Bertz CT molecular complexity index is 272. The monoisotopic (exact) mass is 166 g/mol. The summed E-state index contributed by atoms with van der Waals surface area (Å²) in [4.78, 5) is 0.259. The van der Waals surface area contributed by atoms with E-state index < -0.39 is 6.04 Å². The van der Waals surface area contributed by atoms with Crippen molar-refractivity contribution in [3.8, 4) is 0 Å². The summed E-state index contributed by atoms with van der Waals surface area (Å²) in [6.07, 6.45) is 0. The second-order valence-corrected chi connectivity index (χ2v) is 2.48. The maximum absolute atomic E-state index is 10.8. The quantitative estimate of drug-likeness (QED) is 0.415. The third-order valence-electron chi connectivity index (χ3n) is 1.70. The molecule has 4 nitrogen and oxygen atoms in total. The Hall–Kier alpha value is -1.58. The molecule has 1 aromatic carbocycles. The van der Waals surface area contributed by atoms with Crippen LogP contribution in [0.2, 0.25) is 0 Å². The van der Waals surface area contributed by atoms with Gasteiger partial charge in [-0.15, -0.1) is 0 Å². The largest absolute Gasteiger partial charge is 0.597 e. The maximum atomic E-state index is 10.8. The molecule has 1 N–H and O–H groups in total. The number of hydroxylamine groups is 1. The van der Waals surface area contributed by atoms with Crippen LogP contribution in [0, 0.1) is 5.21 Å². The Kier molecular flexibility index (Phi) is 2.63. The molecule has 12 heavy (non-hydrogen) atoms. The molecular weight excluding hydrogens is 156 g/mol. The Morgan fingerprint density at radius 2 is 2.00 bits per heavy atom. The number of hydrogen-bond donors (Lipinski definition) is 1. The van der Waals surface area contributed by atoms with Crippen LogP contribution in [0.3, 0.4) is 0 Å². The lowest BCUT2D eigenvalue weighted by Gasteiger charge is -2.06. The van der Waals surface area contributed by atoms with Crippen molar-refractivity contribution in [2.45, 2.75) is 13.0 Å². The van der Waals surface area contributed by atoms with Crippen molar-refractivity contribution in [2.75, 3.05) is 0 Å². The predicted octanol–water partition coefficient (Wildman–Crippen LogP) is 2.10. The summed E-state index contributed by atoms with van der Waals surface area (Å²) in [5, 5.41) is 21.6. The number of hydrogen-bond acceptors (Lipinski definition) is 2. The summed E-state index contributed by atoms with van der Waals surface area (Å²) < 4.78 is 0. The Labute approximate surface area is 70.3 Å². The molecule has 0 amide bonds. The van der Waals surface area contributed by atoms with E-state index in [2.05, 4.69) is 5.28 Å². The molecule has 0 radical (unpaired) electrons. The molecule has 0 aromatic heterocycles. The molecule has 0 aliphatic rings. The molecule has 0 aliphatic carbocycles. The molecule has 0 bridgehead atoms. The molecule has 4 heteroatoms. The molecule has 0 aliphatic heterocycles. The first-order valence-electron chi connectivity index (χ1n) is 3.62. The van der Waals surface area contributed by atoms with Crippen LogP contribution in [0.15, 0.2) is 35.6 Å². The summed E-state index contributed by atoms with van der Waals surface area (Å²) in [6, 6.07) is 8.69. The van der Waals surface area contributed by atoms with E-state index in [1.54, 1.807) is 19.1 Å². The predicted molar refractivity (Wildman–Crippen MR) is 42.7 cm³/mol. The molecule has 1 unspecified atom stereocenters. The first-order valence-corrected chi connectivity index (χ1v) is 3.62. The summed E-state index contributed by atoms with van der Waals surface area (Å²) in [6.45, 7) is 1.67. The molecule has 1 rings (SSSR count). The van der Waals surface area contributed by atoms with Crippen LogP contribution in [0.5, 0.6) is 0 Å². The Balaban J connectivity index is 2.86. The molecule has 0 saturated heterocycles. The van der Waals surface area contributed by atoms with Gasteiger partial charge in [-0.3, -0.25) is 0 Å². The number of rotatable bonds is 2. The molecule has 0 fully saturated rings. The standard InChI is InChI=1S/C8H10N2O2/c1-7(10(12)9-11)8-5-3-2-4-6-8/h2-7,11H,1H3/b10-9-. The van der Waals surface area contributed by atoms with Crippen LogP contribution in [0.1, 0.15) is 18.5 Å². The fourth-order valence-electron chi connectivity index (χ4n) is 0.937. The van der Waals surface area contributed by atoms with Crippen molar-refractivity contribution in [1.82, 2.24) is 0 Å². The van der Waals surface area contributed by atoms with Gasteiger partial charge in [0, 0.05) is 12.5 Å². The van der Waals surface area contributed by atoms with Gasteiger partial charge in [-0.2, -0.15) is 0 Å². The van der Waals surface area contributed by atoms with E-state index in [1.807, 2.05) is 18.2 Å². The van der Waals surface area contributed by atoms with Crippen LogP contribution < -0.4 is 0 Å². The van der Waals surface area contributed by atoms with Gasteiger partial charge in [-0.1, -0.05) is 30.3 Å². The summed E-state index contributed by atoms with van der Waals surface area (Å²) in [5.41, 5.74) is 0.824. The number of nitrogens with zero attached hydrogens (tertiary/aromatic N) is 2. The first kappa shape index (κ1) is 8.52. The minimum atomic E-state index is -0.448. The molecule has 64 valence electrons. The second-order valence-electron chi connectivity index (χ2n) is 2.48. The molecule has 1 aromatic rings. The van der Waals surface area contributed by atoms with E-state index in [-0.39, 0.29) is 4.86 Å². The normalized spacial score (nSPS) is 14.2. The molecular formula is C8H10N2O2. The topological polar surface area (TPSA) is 58.7 Å². The van der Waals surface area contributed by atoms with Crippen molar-refractivity contribution >= 4 is 0 Å². The van der Waals surface area contributed by atoms with Gasteiger partial charge in [0.2, 0.25) is 6.04 Å². The zero-order valence-electron chi connectivity index (χ0n) is 6.71. The minimum Gasteiger partial charge on any atom is -0.597 e. The van der Waals surface area contributed by atoms with Crippen molar-refractivity contribution < 1.29 is 10.1 Å². The van der Waals surface area contributed by atoms with Gasteiger partial charge < -0.3 is 10.4 Å². The molecule has 0 spiro atoms. The van der Waals surface area contributed by atoms with Crippen LogP contribution in [0.4, 0.5) is 0 Å². The van der Waals surface area contributed by atoms with Crippen molar-refractivity contribution in [1.29, 1.82) is 0 Å². The highest BCUT2D eigenvalue weighted by Crippen LogP contribution is 2.14. The summed E-state index contributed by atoms with van der Waals surface area (Å²) >= 11 is 0. The SMILES string of the molecule is CC(c1ccccc1)/[N+]([O-])=N/O. The van der Waals surface area contributed by atoms with Crippen molar-refractivity contribution in [2.24, 2.45) is 5.28 Å². The lowest BCUT2D eigenvalue weighted by atomic mass is 10.1. The average Bonchev–Trinajstić information content (AvgIpc) is 2.17. The van der Waals surface area contributed by atoms with E-state index in [0.717, 1.165) is 5.56 Å². The fourth-order valence-corrected chi connectivity index (χ4v) is 0.937. The highest BCUT2D eigenvalue weighted by molar-refractivity contribution is 5.16. The lowest BCUT2D eigenvalue weighted by molar-refractivity contribution is -0.594. The molecule has 1 atom stereocenters. The molecule has 0 saturated carbocycles. The van der Waals surface area contributed by atoms with Gasteiger partial charge in [0.15, 0.2) is 5.28 Å². The van der Waals surface area contributed by atoms with Gasteiger partial charge >= 0.3 is 0 Å². The van der Waals surface area contributed by atoms with E-state index in [1.165, 1.54) is 0 Å². The van der Waals surface area contributed by atoms with Crippen LogP contribution in [0.25, 0.3) is 0 Å². The van der Waals surface area contributed by atoms with E-state index in [0.29, 0.717) is 0 Å². The van der Waals surface area contributed by atoms with Crippen LogP contribution >= 0.6 is 0 Å². The van der Waals surface area contributed by atoms with Crippen molar-refractivity contribution in [3.63, 3.8) is 0 Å². The van der Waals surface area contributed by atoms with Gasteiger partial charge in [0.25, 0.3) is 0 Å². The highest BCUT2D eigenvalue weighted by atomic mass is 16.6. The summed E-state index contributed by atoms with van der Waals surface area (Å²) in [5.74, 6) is 0. The third-order valence-corrected chi connectivity index (χ3v) is 1.70. The fraction of sp³-hybridized carbons (Fsp3) is 0.250. The Morgan fingerprint density at radius 3 is 2.50 bits per heavy atom. The van der Waals surface area contributed by atoms with E-state index >= 15 is 0 Å². The first-order chi connectivity index (χ1) is 5.75. The Morgan fingerprint density at radius 1 is 1.42 bits per heavy atom. The van der Waals surface area contributed by atoms with Crippen molar-refractivity contribution in [3.05, 3.63) is 41.1 Å². The van der Waals surface area contributed by atoms with E-state index in [4.69, 9.17) is 5.21 Å². The van der Waals surface area contributed by atoms with Gasteiger partial charge in [-0.05, 0) is 4.86 Å². The number of benzene rings is 1. The third kappa shape index (κ3) is 1.72. The van der Waals surface area contributed by atoms with Crippen LogP contribution in [-0.4, -0.2) is 10.1 Å². The zero-order valence-corrected chi connectivity index (χ0v) is 6.71. The highest BCUT2D eigenvalue weighted by Gasteiger charge is 2.12. The lowest BCUT2D eigenvalue weighted by Crippen LogP contribution is -2.06. The smallest absolute Gasteiger partial charge is 0.215 e. The summed E-state index contributed by atoms with van der Waals surface area (Å²) in [7, 11) is 0. The van der Waals surface area contributed by atoms with Gasteiger partial charge in [0.1, 0.15) is 0 Å². The zero-order chi connectivity index (χ0) is 8.97. The van der Waals surface area contributed by atoms with E-state index in [9.17, 15) is 5.21 Å². The van der Waals surface area contributed by atoms with Gasteiger partial charge in [0.05, 0.1) is 0 Å².